The van der Waals surface area contributed by atoms with Gasteiger partial charge in [0.1, 0.15) is 6.10 Å². The fourth-order valence-corrected chi connectivity index (χ4v) is 3.56. The van der Waals surface area contributed by atoms with Gasteiger partial charge in [-0.3, -0.25) is 4.79 Å². The molecule has 29 heavy (non-hydrogen) atoms. The van der Waals surface area contributed by atoms with Crippen LogP contribution in [0.5, 0.6) is 0 Å². The number of aryl methyl sites for hydroxylation is 2. The highest BCUT2D eigenvalue weighted by Crippen LogP contribution is 2.37. The summed E-state index contributed by atoms with van der Waals surface area (Å²) in [4.78, 5) is 15.8. The van der Waals surface area contributed by atoms with Gasteiger partial charge in [0.15, 0.2) is 5.79 Å². The van der Waals surface area contributed by atoms with Crippen LogP contribution >= 0.6 is 0 Å². The normalized spacial score (nSPS) is 18.6. The maximum Gasteiger partial charge on any atom is 0.407 e. The smallest absolute Gasteiger partial charge is 0.348 e. The van der Waals surface area contributed by atoms with Gasteiger partial charge in [-0.2, -0.15) is 13.2 Å². The topological polar surface area (TPSA) is 44.8 Å². The number of hydrogen-bond donors (Lipinski definition) is 0. The van der Waals surface area contributed by atoms with Gasteiger partial charge < -0.3 is 14.0 Å². The molecule has 1 aliphatic heterocycles. The third-order valence-electron chi connectivity index (χ3n) is 4.66. The monoisotopic (exact) mass is 406 g/mol. The minimum atomic E-state index is -4.82. The first-order valence-corrected chi connectivity index (χ1v) is 9.04. The standard InChI is InChI=1S/C21H21F3N2O3/c1-12-6-13(2)8-14(7-12)17-9-16(21(22,23)24)18(25-5)19(27)26(17)10-15-11-28-20(3,4)29-15/h6-9,15H,10-11H2,1-4H3. The minimum absolute atomic E-state index is 0.0226. The van der Waals surface area contributed by atoms with Crippen LogP contribution in [0.2, 0.25) is 0 Å². The van der Waals surface area contributed by atoms with Gasteiger partial charge in [0.2, 0.25) is 0 Å². The number of pyridine rings is 1. The number of aromatic nitrogens is 1. The number of benzene rings is 1. The lowest BCUT2D eigenvalue weighted by atomic mass is 10.0. The summed E-state index contributed by atoms with van der Waals surface area (Å²) < 4.78 is 53.1. The van der Waals surface area contributed by atoms with E-state index in [1.165, 1.54) is 4.57 Å². The molecule has 3 rings (SSSR count). The SMILES string of the molecule is [C-]#[N+]c1c(C(F)(F)F)cc(-c2cc(C)cc(C)c2)n(CC2COC(C)(C)O2)c1=O. The van der Waals surface area contributed by atoms with Crippen molar-refractivity contribution in [2.45, 2.75) is 52.3 Å². The maximum atomic E-state index is 13.6. The molecule has 0 radical (unpaired) electrons. The van der Waals surface area contributed by atoms with E-state index in [1.54, 1.807) is 26.0 Å². The number of halogens is 3. The van der Waals surface area contributed by atoms with Gasteiger partial charge in [-0.1, -0.05) is 17.2 Å². The summed E-state index contributed by atoms with van der Waals surface area (Å²) in [7, 11) is 0. The Morgan fingerprint density at radius 1 is 1.21 bits per heavy atom. The third-order valence-corrected chi connectivity index (χ3v) is 4.66. The zero-order chi connectivity index (χ0) is 21.6. The molecule has 8 heteroatoms. The first-order chi connectivity index (χ1) is 13.4. The second kappa shape index (κ2) is 7.32. The average molecular weight is 406 g/mol. The predicted octanol–water partition coefficient (Wildman–Crippen LogP) is 4.85. The lowest BCUT2D eigenvalue weighted by Crippen LogP contribution is -2.31. The van der Waals surface area contributed by atoms with E-state index in [9.17, 15) is 18.0 Å². The summed E-state index contributed by atoms with van der Waals surface area (Å²) >= 11 is 0. The molecule has 0 saturated carbocycles. The van der Waals surface area contributed by atoms with Crippen molar-refractivity contribution in [3.8, 4) is 11.3 Å². The molecule has 0 bridgehead atoms. The number of nitrogens with zero attached hydrogens (tertiary/aromatic N) is 2. The predicted molar refractivity (Wildman–Crippen MR) is 102 cm³/mol. The van der Waals surface area contributed by atoms with Crippen LogP contribution in [0.15, 0.2) is 29.1 Å². The molecule has 1 unspecified atom stereocenters. The minimum Gasteiger partial charge on any atom is -0.348 e. The molecule has 0 N–H and O–H groups in total. The molecular weight excluding hydrogens is 385 g/mol. The third kappa shape index (κ3) is 4.36. The van der Waals surface area contributed by atoms with Crippen LogP contribution in [-0.2, 0) is 22.2 Å². The van der Waals surface area contributed by atoms with Gasteiger partial charge in [0.05, 0.1) is 25.3 Å². The van der Waals surface area contributed by atoms with E-state index in [-0.39, 0.29) is 18.8 Å². The van der Waals surface area contributed by atoms with Gasteiger partial charge in [-0.15, -0.1) is 0 Å². The molecule has 5 nitrogen and oxygen atoms in total. The molecule has 0 spiro atoms. The number of ether oxygens (including phenoxy) is 2. The van der Waals surface area contributed by atoms with E-state index in [4.69, 9.17) is 16.0 Å². The van der Waals surface area contributed by atoms with Crippen molar-refractivity contribution < 1.29 is 22.6 Å². The van der Waals surface area contributed by atoms with Crippen LogP contribution in [-0.4, -0.2) is 23.1 Å². The molecule has 1 fully saturated rings. The zero-order valence-electron chi connectivity index (χ0n) is 16.6. The summed E-state index contributed by atoms with van der Waals surface area (Å²) in [6, 6.07) is 6.20. The lowest BCUT2D eigenvalue weighted by molar-refractivity contribution is -0.139. The largest absolute Gasteiger partial charge is 0.407 e. The van der Waals surface area contributed by atoms with Gasteiger partial charge in [0.25, 0.3) is 11.2 Å². The van der Waals surface area contributed by atoms with E-state index >= 15 is 0 Å². The summed E-state index contributed by atoms with van der Waals surface area (Å²) in [6.07, 6.45) is -5.34. The Kier molecular flexibility index (Phi) is 5.32. The number of hydrogen-bond acceptors (Lipinski definition) is 3. The number of alkyl halides is 3. The summed E-state index contributed by atoms with van der Waals surface area (Å²) in [6.45, 7) is 14.4. The zero-order valence-corrected chi connectivity index (χ0v) is 16.6. The van der Waals surface area contributed by atoms with Crippen molar-refractivity contribution in [3.63, 3.8) is 0 Å². The first kappa shape index (κ1) is 21.1. The average Bonchev–Trinajstić information content (AvgIpc) is 2.93. The molecule has 1 saturated heterocycles. The molecule has 1 aromatic carbocycles. The molecule has 0 aliphatic carbocycles. The van der Waals surface area contributed by atoms with E-state index < -0.39 is 34.9 Å². The highest BCUT2D eigenvalue weighted by atomic mass is 19.4. The molecule has 2 aromatic rings. The van der Waals surface area contributed by atoms with Crippen molar-refractivity contribution in [2.75, 3.05) is 6.61 Å². The van der Waals surface area contributed by atoms with Crippen LogP contribution in [0.4, 0.5) is 18.9 Å². The Morgan fingerprint density at radius 3 is 2.31 bits per heavy atom. The highest BCUT2D eigenvalue weighted by Gasteiger charge is 2.38. The van der Waals surface area contributed by atoms with Gasteiger partial charge in [0, 0.05) is 5.69 Å². The van der Waals surface area contributed by atoms with Gasteiger partial charge in [-0.05, 0) is 51.5 Å². The number of rotatable bonds is 3. The molecule has 2 heterocycles. The van der Waals surface area contributed by atoms with Crippen molar-refractivity contribution in [3.05, 3.63) is 62.7 Å². The second-order valence-corrected chi connectivity index (χ2v) is 7.64. The molecule has 0 amide bonds. The second-order valence-electron chi connectivity index (χ2n) is 7.64. The Hall–Kier alpha value is -2.63. The Balaban J connectivity index is 2.24. The van der Waals surface area contributed by atoms with Crippen LogP contribution in [0.25, 0.3) is 16.1 Å². The first-order valence-electron chi connectivity index (χ1n) is 9.04. The summed E-state index contributed by atoms with van der Waals surface area (Å²) in [5, 5.41) is 0. The van der Waals surface area contributed by atoms with E-state index in [1.807, 2.05) is 19.9 Å². The molecule has 1 aliphatic rings. The quantitative estimate of drug-likeness (QED) is 0.685. The molecule has 1 atom stereocenters. The van der Waals surface area contributed by atoms with Gasteiger partial charge in [-0.25, -0.2) is 4.85 Å². The van der Waals surface area contributed by atoms with Crippen LogP contribution in [0.3, 0.4) is 0 Å². The molecular formula is C21H21F3N2O3. The fourth-order valence-electron chi connectivity index (χ4n) is 3.56. The lowest BCUT2D eigenvalue weighted by Gasteiger charge is -2.21. The van der Waals surface area contributed by atoms with E-state index in [0.29, 0.717) is 5.56 Å². The van der Waals surface area contributed by atoms with E-state index in [0.717, 1.165) is 17.2 Å². The van der Waals surface area contributed by atoms with E-state index in [2.05, 4.69) is 4.85 Å². The maximum absolute atomic E-state index is 13.6. The molecule has 1 aromatic heterocycles. The fraction of sp³-hybridized carbons (Fsp3) is 0.429. The summed E-state index contributed by atoms with van der Waals surface area (Å²) in [5.74, 6) is -0.844. The van der Waals surface area contributed by atoms with Crippen LogP contribution < -0.4 is 5.56 Å². The summed E-state index contributed by atoms with van der Waals surface area (Å²) in [5.41, 5.74) is -0.894. The van der Waals surface area contributed by atoms with Crippen LogP contribution in [0, 0.1) is 20.4 Å². The van der Waals surface area contributed by atoms with Crippen molar-refractivity contribution in [1.82, 2.24) is 4.57 Å². The van der Waals surface area contributed by atoms with Gasteiger partial charge >= 0.3 is 6.18 Å². The van der Waals surface area contributed by atoms with Crippen molar-refractivity contribution >= 4 is 5.69 Å². The van der Waals surface area contributed by atoms with Crippen LogP contribution in [0.1, 0.15) is 30.5 Å². The Bertz CT molecular complexity index is 1030. The van der Waals surface area contributed by atoms with Crippen molar-refractivity contribution in [2.24, 2.45) is 0 Å². The highest BCUT2D eigenvalue weighted by molar-refractivity contribution is 5.67. The molecule has 154 valence electrons. The van der Waals surface area contributed by atoms with Crippen molar-refractivity contribution in [1.29, 1.82) is 0 Å². The Morgan fingerprint density at radius 2 is 1.83 bits per heavy atom. The Labute approximate surface area is 166 Å².